The lowest BCUT2D eigenvalue weighted by molar-refractivity contribution is -0.127. The van der Waals surface area contributed by atoms with Gasteiger partial charge in [0.1, 0.15) is 5.76 Å². The molecule has 0 radical (unpaired) electrons. The van der Waals surface area contributed by atoms with Crippen LogP contribution in [-0.2, 0) is 17.6 Å². The molecule has 6 nitrogen and oxygen atoms in total. The van der Waals surface area contributed by atoms with Crippen molar-refractivity contribution in [3.05, 3.63) is 60.1 Å². The van der Waals surface area contributed by atoms with E-state index in [0.717, 1.165) is 63.6 Å². The molecule has 2 aromatic rings. The summed E-state index contributed by atoms with van der Waals surface area (Å²) in [6.07, 6.45) is 6.03. The topological polar surface area (TPSA) is 69.9 Å². The molecule has 2 heterocycles. The summed E-state index contributed by atoms with van der Waals surface area (Å²) >= 11 is 0. The fourth-order valence-corrected chi connectivity index (χ4v) is 3.30. The second-order valence-electron chi connectivity index (χ2n) is 6.99. The highest BCUT2D eigenvalue weighted by molar-refractivity contribution is 14.0. The Kier molecular flexibility index (Phi) is 10.6. The summed E-state index contributed by atoms with van der Waals surface area (Å²) in [5.41, 5.74) is 1.30. The van der Waals surface area contributed by atoms with Gasteiger partial charge in [0.15, 0.2) is 5.96 Å². The average Bonchev–Trinajstić information content (AvgIpc) is 3.37. The molecule has 29 heavy (non-hydrogen) atoms. The molecule has 1 fully saturated rings. The third kappa shape index (κ3) is 8.47. The molecule has 0 bridgehead atoms. The summed E-state index contributed by atoms with van der Waals surface area (Å²) in [7, 11) is 0. The van der Waals surface area contributed by atoms with Crippen LogP contribution in [0.4, 0.5) is 0 Å². The average molecular weight is 510 g/mol. The molecule has 7 heteroatoms. The minimum Gasteiger partial charge on any atom is -0.469 e. The number of carbonyl (C=O) groups excluding carboxylic acids is 1. The van der Waals surface area contributed by atoms with Gasteiger partial charge in [-0.1, -0.05) is 30.3 Å². The maximum Gasteiger partial charge on any atom is 0.222 e. The summed E-state index contributed by atoms with van der Waals surface area (Å²) in [6, 6.07) is 14.3. The second kappa shape index (κ2) is 13.2. The maximum absolute atomic E-state index is 11.7. The van der Waals surface area contributed by atoms with Gasteiger partial charge in [-0.2, -0.15) is 0 Å². The fourth-order valence-electron chi connectivity index (χ4n) is 3.30. The van der Waals surface area contributed by atoms with E-state index in [1.807, 2.05) is 23.1 Å². The lowest BCUT2D eigenvalue weighted by atomic mass is 10.1. The van der Waals surface area contributed by atoms with Crippen molar-refractivity contribution < 1.29 is 9.21 Å². The van der Waals surface area contributed by atoms with E-state index >= 15 is 0 Å². The Morgan fingerprint density at radius 1 is 1.07 bits per heavy atom. The zero-order valence-electron chi connectivity index (χ0n) is 16.8. The number of halogens is 1. The van der Waals surface area contributed by atoms with E-state index in [1.54, 1.807) is 6.26 Å². The fraction of sp³-hybridized carbons (Fsp3) is 0.455. The number of nitrogens with zero attached hydrogens (tertiary/aromatic N) is 2. The van der Waals surface area contributed by atoms with Gasteiger partial charge in [0.05, 0.1) is 6.26 Å². The normalized spacial score (nSPS) is 14.0. The van der Waals surface area contributed by atoms with Crippen molar-refractivity contribution in [2.24, 2.45) is 4.99 Å². The predicted molar refractivity (Wildman–Crippen MR) is 127 cm³/mol. The van der Waals surface area contributed by atoms with Gasteiger partial charge in [-0.15, -0.1) is 24.0 Å². The van der Waals surface area contributed by atoms with Crippen molar-refractivity contribution in [1.82, 2.24) is 15.5 Å². The Bertz CT molecular complexity index is 735. The smallest absolute Gasteiger partial charge is 0.222 e. The number of amides is 1. The molecule has 1 amide bonds. The molecule has 0 atom stereocenters. The van der Waals surface area contributed by atoms with E-state index < -0.39 is 0 Å². The molecule has 0 aliphatic carbocycles. The maximum atomic E-state index is 11.7. The van der Waals surface area contributed by atoms with Crippen molar-refractivity contribution in [1.29, 1.82) is 0 Å². The number of hydrogen-bond acceptors (Lipinski definition) is 3. The molecule has 158 valence electrons. The van der Waals surface area contributed by atoms with Crippen LogP contribution < -0.4 is 10.6 Å². The van der Waals surface area contributed by atoms with E-state index in [4.69, 9.17) is 4.42 Å². The van der Waals surface area contributed by atoms with Gasteiger partial charge in [-0.05, 0) is 37.0 Å². The van der Waals surface area contributed by atoms with E-state index in [-0.39, 0.29) is 29.9 Å². The first-order chi connectivity index (χ1) is 13.8. The van der Waals surface area contributed by atoms with Gasteiger partial charge in [0.2, 0.25) is 5.91 Å². The van der Waals surface area contributed by atoms with Gasteiger partial charge in [-0.3, -0.25) is 9.79 Å². The monoisotopic (exact) mass is 510 g/mol. The van der Waals surface area contributed by atoms with Crippen LogP contribution in [0.3, 0.4) is 0 Å². The quantitative estimate of drug-likeness (QED) is 0.223. The Balaban J connectivity index is 0.00000300. The highest BCUT2D eigenvalue weighted by atomic mass is 127. The number of benzene rings is 1. The van der Waals surface area contributed by atoms with Crippen molar-refractivity contribution in [3.63, 3.8) is 0 Å². The van der Waals surface area contributed by atoms with Crippen LogP contribution in [0.25, 0.3) is 0 Å². The van der Waals surface area contributed by atoms with E-state index in [0.29, 0.717) is 13.0 Å². The number of likely N-dealkylation sites (tertiary alicyclic amines) is 1. The summed E-state index contributed by atoms with van der Waals surface area (Å²) in [4.78, 5) is 18.3. The van der Waals surface area contributed by atoms with Gasteiger partial charge >= 0.3 is 0 Å². The predicted octanol–water partition coefficient (Wildman–Crippen LogP) is 3.23. The number of guanidine groups is 1. The zero-order chi connectivity index (χ0) is 19.4. The standard InChI is InChI=1S/C22H30N4O2.HI/c27-21-10-4-16-26(21)17-6-13-23-22(25-15-12-20-9-5-18-28-20)24-14-11-19-7-2-1-3-8-19;/h1-3,5,7-9,18H,4,6,10-17H2,(H2,23,24,25);1H. The summed E-state index contributed by atoms with van der Waals surface area (Å²) in [5, 5.41) is 6.79. The zero-order valence-corrected chi connectivity index (χ0v) is 19.1. The van der Waals surface area contributed by atoms with Crippen molar-refractivity contribution >= 4 is 35.8 Å². The minimum absolute atomic E-state index is 0. The largest absolute Gasteiger partial charge is 0.469 e. The number of nitrogens with one attached hydrogen (secondary N) is 2. The molecular formula is C22H31IN4O2. The first-order valence-corrected chi connectivity index (χ1v) is 10.2. The van der Waals surface area contributed by atoms with Crippen LogP contribution in [0.5, 0.6) is 0 Å². The Labute approximate surface area is 190 Å². The van der Waals surface area contributed by atoms with Gasteiger partial charge in [0.25, 0.3) is 0 Å². The molecule has 0 saturated carbocycles. The number of rotatable bonds is 10. The molecular weight excluding hydrogens is 479 g/mol. The Hall–Kier alpha value is -2.03. The molecule has 1 saturated heterocycles. The molecule has 1 aromatic carbocycles. The van der Waals surface area contributed by atoms with Gasteiger partial charge in [-0.25, -0.2) is 0 Å². The van der Waals surface area contributed by atoms with Gasteiger partial charge < -0.3 is 20.0 Å². The first kappa shape index (κ1) is 23.3. The molecule has 0 spiro atoms. The van der Waals surface area contributed by atoms with E-state index in [1.165, 1.54) is 5.56 Å². The highest BCUT2D eigenvalue weighted by Gasteiger charge is 2.18. The van der Waals surface area contributed by atoms with Crippen LogP contribution in [0, 0.1) is 0 Å². The lowest BCUT2D eigenvalue weighted by Gasteiger charge is -2.15. The highest BCUT2D eigenvalue weighted by Crippen LogP contribution is 2.09. The Morgan fingerprint density at radius 2 is 1.86 bits per heavy atom. The van der Waals surface area contributed by atoms with Crippen LogP contribution in [0.2, 0.25) is 0 Å². The summed E-state index contributed by atoms with van der Waals surface area (Å²) < 4.78 is 5.38. The van der Waals surface area contributed by atoms with Crippen LogP contribution in [-0.4, -0.2) is 49.5 Å². The van der Waals surface area contributed by atoms with Crippen LogP contribution in [0.15, 0.2) is 58.1 Å². The molecule has 2 N–H and O–H groups in total. The molecule has 1 aliphatic rings. The third-order valence-electron chi connectivity index (χ3n) is 4.82. The minimum atomic E-state index is 0. The molecule has 3 rings (SSSR count). The van der Waals surface area contributed by atoms with Gasteiger partial charge in [0, 0.05) is 45.6 Å². The molecule has 0 unspecified atom stereocenters. The number of carbonyl (C=O) groups is 1. The van der Waals surface area contributed by atoms with Crippen LogP contribution in [0.1, 0.15) is 30.6 Å². The number of hydrogen-bond donors (Lipinski definition) is 2. The molecule has 1 aromatic heterocycles. The summed E-state index contributed by atoms with van der Waals surface area (Å²) in [5.74, 6) is 2.06. The SMILES string of the molecule is I.O=C1CCCN1CCCN=C(NCCc1ccccc1)NCCc1ccco1. The third-order valence-corrected chi connectivity index (χ3v) is 4.82. The summed E-state index contributed by atoms with van der Waals surface area (Å²) in [6.45, 7) is 3.97. The lowest BCUT2D eigenvalue weighted by Crippen LogP contribution is -2.39. The van der Waals surface area contributed by atoms with Crippen molar-refractivity contribution in [2.75, 3.05) is 32.7 Å². The molecule has 1 aliphatic heterocycles. The van der Waals surface area contributed by atoms with E-state index in [2.05, 4.69) is 39.9 Å². The van der Waals surface area contributed by atoms with Crippen molar-refractivity contribution in [2.45, 2.75) is 32.1 Å². The number of aliphatic imine (C=N–C) groups is 1. The van der Waals surface area contributed by atoms with Crippen LogP contribution >= 0.6 is 24.0 Å². The Morgan fingerprint density at radius 3 is 2.55 bits per heavy atom. The second-order valence-corrected chi connectivity index (χ2v) is 6.99. The van der Waals surface area contributed by atoms with E-state index in [9.17, 15) is 4.79 Å². The van der Waals surface area contributed by atoms with Crippen molar-refractivity contribution in [3.8, 4) is 0 Å². The number of furan rings is 1. The first-order valence-electron chi connectivity index (χ1n) is 10.2.